The molecule has 0 aliphatic heterocycles. The molecule has 0 aliphatic carbocycles. The highest BCUT2D eigenvalue weighted by Gasteiger charge is 2.04. The third kappa shape index (κ3) is 5.81. The van der Waals surface area contributed by atoms with E-state index in [1.165, 1.54) is 11.3 Å². The van der Waals surface area contributed by atoms with Crippen LogP contribution in [0.25, 0.3) is 0 Å². The van der Waals surface area contributed by atoms with Gasteiger partial charge in [0.25, 0.3) is 0 Å². The third-order valence-electron chi connectivity index (χ3n) is 2.06. The van der Waals surface area contributed by atoms with Gasteiger partial charge in [0.1, 0.15) is 0 Å². The van der Waals surface area contributed by atoms with Gasteiger partial charge >= 0.3 is 6.03 Å². The second kappa shape index (κ2) is 6.79. The van der Waals surface area contributed by atoms with E-state index in [1.807, 2.05) is 5.38 Å². The maximum Gasteiger partial charge on any atom is 0.318 e. The molecule has 0 saturated carbocycles. The van der Waals surface area contributed by atoms with Crippen LogP contribution in [0.15, 0.2) is 5.38 Å². The summed E-state index contributed by atoms with van der Waals surface area (Å²) in [6.45, 7) is 0.0194. The zero-order valence-corrected chi connectivity index (χ0v) is 10.0. The molecular formula is C9H14N4O3S. The number of anilines is 1. The lowest BCUT2D eigenvalue weighted by atomic mass is 10.1. The number of rotatable bonds is 7. The van der Waals surface area contributed by atoms with Crippen molar-refractivity contribution in [3.05, 3.63) is 21.2 Å². The monoisotopic (exact) mass is 258 g/mol. The minimum atomic E-state index is -0.628. The molecule has 1 aromatic rings. The molecule has 0 fully saturated rings. The molecule has 0 saturated heterocycles. The Morgan fingerprint density at radius 2 is 2.29 bits per heavy atom. The Bertz CT molecular complexity index is 393. The first-order chi connectivity index (χ1) is 8.08. The number of hydrogen-bond acceptors (Lipinski definition) is 5. The van der Waals surface area contributed by atoms with Crippen molar-refractivity contribution in [2.24, 2.45) is 5.73 Å². The van der Waals surface area contributed by atoms with Crippen LogP contribution in [0.3, 0.4) is 0 Å². The van der Waals surface area contributed by atoms with E-state index in [4.69, 9.17) is 5.73 Å². The van der Waals surface area contributed by atoms with Crippen LogP contribution >= 0.6 is 11.3 Å². The molecule has 0 bridgehead atoms. The van der Waals surface area contributed by atoms with E-state index in [2.05, 4.69) is 10.3 Å². The Morgan fingerprint density at radius 1 is 1.53 bits per heavy atom. The molecule has 1 aromatic heterocycles. The van der Waals surface area contributed by atoms with Crippen LogP contribution < -0.4 is 11.1 Å². The summed E-state index contributed by atoms with van der Waals surface area (Å²) in [7, 11) is 0. The maximum atomic E-state index is 10.6. The minimum Gasteiger partial charge on any atom is -0.351 e. The summed E-state index contributed by atoms with van der Waals surface area (Å²) in [4.78, 5) is 24.5. The van der Waals surface area contributed by atoms with Crippen molar-refractivity contribution in [1.29, 1.82) is 0 Å². The zero-order chi connectivity index (χ0) is 12.7. The number of nitrogens with one attached hydrogen (secondary N) is 1. The molecule has 0 unspecified atom stereocenters. The average molecular weight is 258 g/mol. The van der Waals surface area contributed by atoms with Crippen molar-refractivity contribution in [2.45, 2.75) is 25.7 Å². The summed E-state index contributed by atoms with van der Waals surface area (Å²) < 4.78 is 0. The number of primary amides is 1. The Balaban J connectivity index is 2.21. The van der Waals surface area contributed by atoms with Gasteiger partial charge in [0, 0.05) is 16.7 Å². The maximum absolute atomic E-state index is 10.6. The molecule has 0 spiro atoms. The normalized spacial score (nSPS) is 10.1. The molecule has 0 radical (unpaired) electrons. The van der Waals surface area contributed by atoms with Gasteiger partial charge in [-0.05, 0) is 19.3 Å². The number of thiazole rings is 1. The fourth-order valence-electron chi connectivity index (χ4n) is 1.31. The molecule has 1 heterocycles. The van der Waals surface area contributed by atoms with Crippen LogP contribution in [0, 0.1) is 10.1 Å². The van der Waals surface area contributed by atoms with Gasteiger partial charge in [-0.15, -0.1) is 11.3 Å². The minimum absolute atomic E-state index is 0.0194. The Morgan fingerprint density at radius 3 is 2.94 bits per heavy atom. The standard InChI is InChI=1S/C9H14N4O3S/c10-8(14)12-9-11-7(6-17-9)4-2-1-3-5-13(15)16/h6H,1-5H2,(H3,10,11,12,14). The number of nitro groups is 1. The number of carbonyl (C=O) groups excluding carboxylic acids is 1. The largest absolute Gasteiger partial charge is 0.351 e. The molecule has 0 atom stereocenters. The number of unbranched alkanes of at least 4 members (excludes halogenated alkanes) is 2. The van der Waals surface area contributed by atoms with E-state index < -0.39 is 6.03 Å². The summed E-state index contributed by atoms with van der Waals surface area (Å²) in [5.41, 5.74) is 5.83. The van der Waals surface area contributed by atoms with E-state index >= 15 is 0 Å². The van der Waals surface area contributed by atoms with Crippen molar-refractivity contribution in [3.63, 3.8) is 0 Å². The lowest BCUT2D eigenvalue weighted by Crippen LogP contribution is -2.19. The van der Waals surface area contributed by atoms with Gasteiger partial charge in [0.05, 0.1) is 5.69 Å². The van der Waals surface area contributed by atoms with Crippen molar-refractivity contribution >= 4 is 22.5 Å². The van der Waals surface area contributed by atoms with E-state index in [0.717, 1.165) is 25.0 Å². The SMILES string of the molecule is NC(=O)Nc1nc(CCCCC[N+](=O)[O-])cs1. The lowest BCUT2D eigenvalue weighted by Gasteiger charge is -1.96. The number of urea groups is 1. The number of hydrogen-bond donors (Lipinski definition) is 2. The molecule has 2 amide bonds. The zero-order valence-electron chi connectivity index (χ0n) is 9.22. The highest BCUT2D eigenvalue weighted by molar-refractivity contribution is 7.13. The first-order valence-electron chi connectivity index (χ1n) is 5.20. The molecule has 1 rings (SSSR count). The molecule has 7 nitrogen and oxygen atoms in total. The average Bonchev–Trinajstić information content (AvgIpc) is 2.63. The van der Waals surface area contributed by atoms with Gasteiger partial charge in [0.2, 0.25) is 6.54 Å². The number of aryl methyl sites for hydroxylation is 1. The van der Waals surface area contributed by atoms with Gasteiger partial charge in [-0.3, -0.25) is 15.4 Å². The van der Waals surface area contributed by atoms with Crippen LogP contribution in [0.4, 0.5) is 9.93 Å². The van der Waals surface area contributed by atoms with Gasteiger partial charge in [-0.2, -0.15) is 0 Å². The summed E-state index contributed by atoms with van der Waals surface area (Å²) >= 11 is 1.32. The summed E-state index contributed by atoms with van der Waals surface area (Å²) in [6, 6.07) is -0.628. The number of amides is 2. The third-order valence-corrected chi connectivity index (χ3v) is 2.86. The Kier molecular flexibility index (Phi) is 5.34. The quantitative estimate of drug-likeness (QED) is 0.439. The number of carbonyl (C=O) groups is 1. The number of aromatic nitrogens is 1. The summed E-state index contributed by atoms with van der Waals surface area (Å²) in [6.07, 6.45) is 3.00. The van der Waals surface area contributed by atoms with Crippen LogP contribution in [-0.4, -0.2) is 22.5 Å². The second-order valence-corrected chi connectivity index (χ2v) is 4.36. The Labute approximate surface area is 102 Å². The van der Waals surface area contributed by atoms with E-state index in [1.54, 1.807) is 0 Å². The van der Waals surface area contributed by atoms with Crippen molar-refractivity contribution in [2.75, 3.05) is 11.9 Å². The number of nitrogens with zero attached hydrogens (tertiary/aromatic N) is 2. The molecule has 8 heteroatoms. The predicted molar refractivity (Wildman–Crippen MR) is 64.7 cm³/mol. The predicted octanol–water partition coefficient (Wildman–Crippen LogP) is 1.62. The van der Waals surface area contributed by atoms with Crippen molar-refractivity contribution < 1.29 is 9.72 Å². The van der Waals surface area contributed by atoms with Crippen LogP contribution in [0.5, 0.6) is 0 Å². The van der Waals surface area contributed by atoms with Crippen LogP contribution in [-0.2, 0) is 6.42 Å². The van der Waals surface area contributed by atoms with E-state index in [0.29, 0.717) is 11.6 Å². The summed E-state index contributed by atoms with van der Waals surface area (Å²) in [5.74, 6) is 0. The molecule has 0 aromatic carbocycles. The fourth-order valence-corrected chi connectivity index (χ4v) is 2.06. The number of nitrogens with two attached hydrogens (primary N) is 1. The molecule has 0 aliphatic rings. The topological polar surface area (TPSA) is 111 Å². The highest BCUT2D eigenvalue weighted by Crippen LogP contribution is 2.16. The van der Waals surface area contributed by atoms with Gasteiger partial charge in [-0.25, -0.2) is 9.78 Å². The van der Waals surface area contributed by atoms with Gasteiger partial charge < -0.3 is 5.73 Å². The Hall–Kier alpha value is -1.70. The molecular weight excluding hydrogens is 244 g/mol. The van der Waals surface area contributed by atoms with Crippen molar-refractivity contribution in [1.82, 2.24) is 4.98 Å². The smallest absolute Gasteiger partial charge is 0.318 e. The fraction of sp³-hybridized carbons (Fsp3) is 0.556. The molecule has 17 heavy (non-hydrogen) atoms. The van der Waals surface area contributed by atoms with Crippen LogP contribution in [0.2, 0.25) is 0 Å². The van der Waals surface area contributed by atoms with E-state index in [9.17, 15) is 14.9 Å². The first-order valence-corrected chi connectivity index (χ1v) is 6.08. The molecule has 3 N–H and O–H groups in total. The molecule has 94 valence electrons. The van der Waals surface area contributed by atoms with Gasteiger partial charge in [-0.1, -0.05) is 0 Å². The van der Waals surface area contributed by atoms with E-state index in [-0.39, 0.29) is 11.5 Å². The highest BCUT2D eigenvalue weighted by atomic mass is 32.1. The van der Waals surface area contributed by atoms with Gasteiger partial charge in [0.15, 0.2) is 5.13 Å². The first kappa shape index (κ1) is 13.4. The summed E-state index contributed by atoms with van der Waals surface area (Å²) in [5, 5.41) is 14.8. The van der Waals surface area contributed by atoms with Crippen LogP contribution in [0.1, 0.15) is 25.0 Å². The van der Waals surface area contributed by atoms with Crippen molar-refractivity contribution in [3.8, 4) is 0 Å². The second-order valence-electron chi connectivity index (χ2n) is 3.50. The lowest BCUT2D eigenvalue weighted by molar-refractivity contribution is -0.480.